The highest BCUT2D eigenvalue weighted by atomic mass is 16.3. The molecule has 2 rings (SSSR count). The summed E-state index contributed by atoms with van der Waals surface area (Å²) in [4.78, 5) is 8.36. The first-order valence-electron chi connectivity index (χ1n) is 4.14. The van der Waals surface area contributed by atoms with Gasteiger partial charge in [-0.3, -0.25) is 4.79 Å². The molecule has 0 saturated heterocycles. The summed E-state index contributed by atoms with van der Waals surface area (Å²) in [6.45, 7) is 0.111. The van der Waals surface area contributed by atoms with Crippen molar-refractivity contribution in [3.63, 3.8) is 0 Å². The van der Waals surface area contributed by atoms with Gasteiger partial charge in [0.15, 0.2) is 0 Å². The third-order valence-electron chi connectivity index (χ3n) is 2.72. The molecular weight excluding hydrogens is 156 g/mol. The van der Waals surface area contributed by atoms with Crippen molar-refractivity contribution in [2.75, 3.05) is 6.61 Å². The van der Waals surface area contributed by atoms with Crippen molar-refractivity contribution in [1.82, 2.24) is 0 Å². The van der Waals surface area contributed by atoms with Crippen LogP contribution in [0.5, 0.6) is 0 Å². The Bertz CT molecular complexity index is 188. The summed E-state index contributed by atoms with van der Waals surface area (Å²) in [7, 11) is 0. The van der Waals surface area contributed by atoms with E-state index in [9.17, 15) is 0 Å². The van der Waals surface area contributed by atoms with Gasteiger partial charge in [-0.2, -0.15) is 0 Å². The zero-order chi connectivity index (χ0) is 9.03. The summed E-state index contributed by atoms with van der Waals surface area (Å²) in [6, 6.07) is 0. The van der Waals surface area contributed by atoms with Crippen molar-refractivity contribution in [2.24, 2.45) is 11.3 Å². The minimum Gasteiger partial charge on any atom is -0.483 e. The molecule has 0 aromatic rings. The quantitative estimate of drug-likeness (QED) is 0.456. The molecular formula is C9H14O3. The normalized spacial score (nSPS) is 35.9. The molecule has 0 spiro atoms. The largest absolute Gasteiger partial charge is 0.483 e. The number of rotatable bonds is 1. The lowest BCUT2D eigenvalue weighted by Gasteiger charge is -2.18. The van der Waals surface area contributed by atoms with E-state index in [1.165, 1.54) is 19.3 Å². The molecule has 0 aromatic heterocycles. The van der Waals surface area contributed by atoms with Gasteiger partial charge in [-0.1, -0.05) is 12.2 Å². The average Bonchev–Trinajstić information content (AvgIpc) is 2.65. The van der Waals surface area contributed by atoms with Crippen LogP contribution in [-0.2, 0) is 4.79 Å². The maximum absolute atomic E-state index is 8.99. The number of hydrogen-bond donors (Lipinski definition) is 2. The van der Waals surface area contributed by atoms with Crippen LogP contribution in [0, 0.1) is 11.3 Å². The second-order valence-corrected chi connectivity index (χ2v) is 3.49. The highest BCUT2D eigenvalue weighted by molar-refractivity contribution is 5.32. The topological polar surface area (TPSA) is 57.5 Å². The molecule has 2 unspecified atom stereocenters. The van der Waals surface area contributed by atoms with Gasteiger partial charge in [0, 0.05) is 5.41 Å². The van der Waals surface area contributed by atoms with Gasteiger partial charge in [0.25, 0.3) is 6.47 Å². The van der Waals surface area contributed by atoms with E-state index in [4.69, 9.17) is 15.0 Å². The van der Waals surface area contributed by atoms with Crippen LogP contribution in [0.3, 0.4) is 0 Å². The van der Waals surface area contributed by atoms with Crippen molar-refractivity contribution < 1.29 is 15.0 Å². The standard InChI is InChI=1S/C8H12O.CH2O2/c9-6-8-3-1-7(5-8)2-4-8;2-1-3/h1,3,7,9H,2,4-6H2;1H,(H,2,3). The zero-order valence-corrected chi connectivity index (χ0v) is 6.94. The fourth-order valence-corrected chi connectivity index (χ4v) is 2.05. The van der Waals surface area contributed by atoms with Crippen molar-refractivity contribution >= 4 is 6.47 Å². The van der Waals surface area contributed by atoms with Crippen molar-refractivity contribution in [3.05, 3.63) is 12.2 Å². The van der Waals surface area contributed by atoms with E-state index in [2.05, 4.69) is 12.2 Å². The lowest BCUT2D eigenvalue weighted by Crippen LogP contribution is -2.16. The van der Waals surface area contributed by atoms with Crippen LogP contribution in [0.2, 0.25) is 0 Å². The number of carbonyl (C=O) groups is 1. The predicted octanol–water partition coefficient (Wildman–Crippen LogP) is 1.04. The Morgan fingerprint density at radius 1 is 1.67 bits per heavy atom. The first-order valence-corrected chi connectivity index (χ1v) is 4.14. The maximum atomic E-state index is 8.99. The van der Waals surface area contributed by atoms with E-state index < -0.39 is 0 Å². The Balaban J connectivity index is 0.000000213. The molecule has 0 radical (unpaired) electrons. The van der Waals surface area contributed by atoms with Crippen LogP contribution in [0.4, 0.5) is 0 Å². The molecule has 2 aliphatic carbocycles. The Morgan fingerprint density at radius 3 is 2.50 bits per heavy atom. The summed E-state index contributed by atoms with van der Waals surface area (Å²) in [5.41, 5.74) is 0.227. The number of aliphatic hydroxyl groups excluding tert-OH is 1. The van der Waals surface area contributed by atoms with Gasteiger partial charge < -0.3 is 10.2 Å². The molecule has 2 aliphatic rings. The van der Waals surface area contributed by atoms with Crippen LogP contribution in [0.15, 0.2) is 12.2 Å². The predicted molar refractivity (Wildman–Crippen MR) is 44.7 cm³/mol. The fourth-order valence-electron chi connectivity index (χ4n) is 2.05. The smallest absolute Gasteiger partial charge is 0.290 e. The fraction of sp³-hybridized carbons (Fsp3) is 0.667. The highest BCUT2D eigenvalue weighted by Crippen LogP contribution is 2.48. The second kappa shape index (κ2) is 3.72. The van der Waals surface area contributed by atoms with E-state index in [-0.39, 0.29) is 11.9 Å². The molecule has 0 aromatic carbocycles. The number of hydrogen-bond acceptors (Lipinski definition) is 2. The first kappa shape index (κ1) is 9.26. The average molecular weight is 170 g/mol. The monoisotopic (exact) mass is 170 g/mol. The summed E-state index contributed by atoms with van der Waals surface area (Å²) < 4.78 is 0. The number of allylic oxidation sites excluding steroid dienone is 1. The van der Waals surface area contributed by atoms with Gasteiger partial charge in [-0.25, -0.2) is 0 Å². The molecule has 3 heteroatoms. The SMILES string of the molecule is O=CO.OCC12C=CC(CC1)C2. The van der Waals surface area contributed by atoms with E-state index in [1.54, 1.807) is 0 Å². The molecule has 2 N–H and O–H groups in total. The summed E-state index contributed by atoms with van der Waals surface area (Å²) in [5.74, 6) is 0.803. The van der Waals surface area contributed by atoms with Gasteiger partial charge in [0.2, 0.25) is 0 Å². The van der Waals surface area contributed by atoms with Crippen LogP contribution >= 0.6 is 0 Å². The van der Waals surface area contributed by atoms with Gasteiger partial charge >= 0.3 is 0 Å². The van der Waals surface area contributed by atoms with Gasteiger partial charge in [-0.05, 0) is 25.2 Å². The molecule has 0 amide bonds. The number of carboxylic acid groups (broad SMARTS) is 1. The third-order valence-corrected chi connectivity index (χ3v) is 2.72. The Kier molecular flexibility index (Phi) is 2.87. The lowest BCUT2D eigenvalue weighted by atomic mass is 9.89. The van der Waals surface area contributed by atoms with E-state index in [0.717, 1.165) is 5.92 Å². The molecule has 3 nitrogen and oxygen atoms in total. The van der Waals surface area contributed by atoms with Crippen LogP contribution in [0.1, 0.15) is 19.3 Å². The minimum absolute atomic E-state index is 0.227. The Labute approximate surface area is 71.7 Å². The molecule has 68 valence electrons. The van der Waals surface area contributed by atoms with E-state index >= 15 is 0 Å². The molecule has 2 bridgehead atoms. The number of fused-ring (bicyclic) bond motifs is 2. The van der Waals surface area contributed by atoms with E-state index in [0.29, 0.717) is 6.61 Å². The molecule has 0 heterocycles. The second-order valence-electron chi connectivity index (χ2n) is 3.49. The lowest BCUT2D eigenvalue weighted by molar-refractivity contribution is -0.122. The molecule has 0 aliphatic heterocycles. The Hall–Kier alpha value is -0.830. The van der Waals surface area contributed by atoms with Crippen LogP contribution in [-0.4, -0.2) is 23.3 Å². The van der Waals surface area contributed by atoms with Crippen LogP contribution in [0.25, 0.3) is 0 Å². The minimum atomic E-state index is -0.250. The zero-order valence-electron chi connectivity index (χ0n) is 6.94. The highest BCUT2D eigenvalue weighted by Gasteiger charge is 2.39. The van der Waals surface area contributed by atoms with Crippen molar-refractivity contribution in [1.29, 1.82) is 0 Å². The van der Waals surface area contributed by atoms with Crippen molar-refractivity contribution in [2.45, 2.75) is 19.3 Å². The third kappa shape index (κ3) is 1.67. The number of aliphatic hydroxyl groups is 1. The summed E-state index contributed by atoms with van der Waals surface area (Å²) in [5, 5.41) is 15.9. The molecule has 2 atom stereocenters. The molecule has 12 heavy (non-hydrogen) atoms. The maximum Gasteiger partial charge on any atom is 0.290 e. The summed E-state index contributed by atoms with van der Waals surface area (Å²) >= 11 is 0. The van der Waals surface area contributed by atoms with Gasteiger partial charge in [0.1, 0.15) is 0 Å². The first-order chi connectivity index (χ1) is 5.76. The van der Waals surface area contributed by atoms with Crippen LogP contribution < -0.4 is 0 Å². The van der Waals surface area contributed by atoms with Crippen molar-refractivity contribution in [3.8, 4) is 0 Å². The summed E-state index contributed by atoms with van der Waals surface area (Å²) in [6.07, 6.45) is 8.20. The molecule has 1 saturated carbocycles. The Morgan fingerprint density at radius 2 is 2.33 bits per heavy atom. The molecule has 1 fully saturated rings. The van der Waals surface area contributed by atoms with Gasteiger partial charge in [-0.15, -0.1) is 0 Å². The van der Waals surface area contributed by atoms with Gasteiger partial charge in [0.05, 0.1) is 6.61 Å². The van der Waals surface area contributed by atoms with E-state index in [1.807, 2.05) is 0 Å².